The van der Waals surface area contributed by atoms with Gasteiger partial charge in [-0.15, -0.1) is 0 Å². The molecule has 0 unspecified atom stereocenters. The van der Waals surface area contributed by atoms with Gasteiger partial charge in [0.05, 0.1) is 21.7 Å². The Morgan fingerprint density at radius 2 is 1.82 bits per heavy atom. The highest BCUT2D eigenvalue weighted by Gasteiger charge is 2.22. The predicted molar refractivity (Wildman–Crippen MR) is 105 cm³/mol. The van der Waals surface area contributed by atoms with E-state index in [0.29, 0.717) is 16.9 Å². The quantitative estimate of drug-likeness (QED) is 0.599. The number of carbonyl (C=O) groups is 2. The summed E-state index contributed by atoms with van der Waals surface area (Å²) >= 11 is 0. The molecule has 1 amide bonds. The number of nitrogens with one attached hydrogen (secondary N) is 1. The van der Waals surface area contributed by atoms with Crippen LogP contribution in [0.15, 0.2) is 36.4 Å². The first-order valence-electron chi connectivity index (χ1n) is 9.05. The van der Waals surface area contributed by atoms with Crippen molar-refractivity contribution in [3.63, 3.8) is 0 Å². The van der Waals surface area contributed by atoms with Crippen molar-refractivity contribution >= 4 is 28.9 Å². The van der Waals surface area contributed by atoms with E-state index in [-0.39, 0.29) is 16.8 Å². The summed E-state index contributed by atoms with van der Waals surface area (Å²) in [6.45, 7) is 3.32. The molecule has 1 aliphatic heterocycles. The lowest BCUT2D eigenvalue weighted by Gasteiger charge is -2.30. The van der Waals surface area contributed by atoms with Crippen molar-refractivity contribution in [2.24, 2.45) is 0 Å². The lowest BCUT2D eigenvalue weighted by atomic mass is 10.0. The number of nitrogens with zero attached hydrogens (tertiary/aromatic N) is 2. The molecule has 2 aromatic carbocycles. The second-order valence-corrected chi connectivity index (χ2v) is 6.80. The van der Waals surface area contributed by atoms with Gasteiger partial charge in [-0.2, -0.15) is 0 Å². The number of carbonyl (C=O) groups excluding carboxylic acids is 1. The van der Waals surface area contributed by atoms with Crippen LogP contribution in [0.5, 0.6) is 0 Å². The molecule has 0 radical (unpaired) electrons. The number of aryl methyl sites for hydroxylation is 1. The van der Waals surface area contributed by atoms with Crippen LogP contribution in [0.25, 0.3) is 0 Å². The van der Waals surface area contributed by atoms with E-state index in [1.165, 1.54) is 24.3 Å². The number of nitro groups is 1. The summed E-state index contributed by atoms with van der Waals surface area (Å²) in [5.74, 6) is -1.60. The van der Waals surface area contributed by atoms with Gasteiger partial charge in [-0.25, -0.2) is 4.79 Å². The first-order valence-corrected chi connectivity index (χ1v) is 9.05. The molecule has 2 N–H and O–H groups in total. The highest BCUT2D eigenvalue weighted by molar-refractivity contribution is 6.09. The van der Waals surface area contributed by atoms with Crippen LogP contribution in [-0.2, 0) is 0 Å². The van der Waals surface area contributed by atoms with Crippen molar-refractivity contribution in [1.82, 2.24) is 0 Å². The Bertz CT molecular complexity index is 935. The van der Waals surface area contributed by atoms with Gasteiger partial charge in [-0.1, -0.05) is 6.07 Å². The van der Waals surface area contributed by atoms with E-state index in [1.807, 2.05) is 0 Å². The van der Waals surface area contributed by atoms with Crippen LogP contribution in [0, 0.1) is 17.0 Å². The van der Waals surface area contributed by atoms with E-state index in [0.717, 1.165) is 32.4 Å². The Morgan fingerprint density at radius 1 is 1.11 bits per heavy atom. The number of carboxylic acid groups (broad SMARTS) is 1. The van der Waals surface area contributed by atoms with Crippen LogP contribution in [0.1, 0.15) is 45.5 Å². The third-order valence-corrected chi connectivity index (χ3v) is 4.87. The van der Waals surface area contributed by atoms with Crippen LogP contribution in [0.2, 0.25) is 0 Å². The summed E-state index contributed by atoms with van der Waals surface area (Å²) in [5, 5.41) is 23.1. The van der Waals surface area contributed by atoms with Gasteiger partial charge in [-0.3, -0.25) is 14.9 Å². The Labute approximate surface area is 161 Å². The molecule has 0 spiro atoms. The lowest BCUT2D eigenvalue weighted by molar-refractivity contribution is -0.384. The monoisotopic (exact) mass is 383 g/mol. The van der Waals surface area contributed by atoms with Gasteiger partial charge in [0.25, 0.3) is 11.6 Å². The normalized spacial score (nSPS) is 13.8. The minimum atomic E-state index is -1.10. The number of non-ortho nitro benzene ring substituents is 1. The van der Waals surface area contributed by atoms with Gasteiger partial charge in [0, 0.05) is 30.9 Å². The van der Waals surface area contributed by atoms with Gasteiger partial charge in [0.2, 0.25) is 0 Å². The molecule has 0 aliphatic carbocycles. The number of carboxylic acids is 1. The van der Waals surface area contributed by atoms with Crippen molar-refractivity contribution in [3.8, 4) is 0 Å². The largest absolute Gasteiger partial charge is 0.478 e. The third kappa shape index (κ3) is 4.11. The van der Waals surface area contributed by atoms with Gasteiger partial charge in [-0.05, 0) is 49.9 Å². The Kier molecular flexibility index (Phi) is 5.58. The molecule has 8 heteroatoms. The summed E-state index contributed by atoms with van der Waals surface area (Å²) < 4.78 is 0. The molecule has 0 aromatic heterocycles. The number of benzene rings is 2. The maximum Gasteiger partial charge on any atom is 0.335 e. The molecular formula is C20H21N3O5. The van der Waals surface area contributed by atoms with E-state index in [9.17, 15) is 19.7 Å². The first-order chi connectivity index (χ1) is 13.4. The second-order valence-electron chi connectivity index (χ2n) is 6.80. The molecule has 2 aromatic rings. The first kappa shape index (κ1) is 19.3. The molecule has 0 saturated carbocycles. The molecule has 3 rings (SSSR count). The Hall–Kier alpha value is -3.42. The van der Waals surface area contributed by atoms with Crippen molar-refractivity contribution < 1.29 is 19.6 Å². The highest BCUT2D eigenvalue weighted by Crippen LogP contribution is 2.29. The average molecular weight is 383 g/mol. The molecular weight excluding hydrogens is 362 g/mol. The standard InChI is InChI=1S/C20H21N3O5/c1-13-5-6-14(20(25)26)11-17(13)21-19(24)16-12-15(23(27)28)7-8-18(16)22-9-3-2-4-10-22/h5-8,11-12H,2-4,9-10H2,1H3,(H,21,24)(H,25,26). The van der Waals surface area contributed by atoms with Gasteiger partial charge >= 0.3 is 5.97 Å². The number of hydrogen-bond acceptors (Lipinski definition) is 5. The maximum atomic E-state index is 13.0. The predicted octanol–water partition coefficient (Wildman–Crippen LogP) is 3.84. The summed E-state index contributed by atoms with van der Waals surface area (Å²) in [7, 11) is 0. The molecule has 1 saturated heterocycles. The van der Waals surface area contributed by atoms with Crippen molar-refractivity contribution in [2.45, 2.75) is 26.2 Å². The number of aromatic carboxylic acids is 1. The number of piperidine rings is 1. The summed E-state index contributed by atoms with van der Waals surface area (Å²) in [6, 6.07) is 8.73. The zero-order chi connectivity index (χ0) is 20.3. The van der Waals surface area contributed by atoms with Crippen molar-refractivity contribution in [3.05, 3.63) is 63.2 Å². The SMILES string of the molecule is Cc1ccc(C(=O)O)cc1NC(=O)c1cc([N+](=O)[O-])ccc1N1CCCCC1. The molecule has 0 bridgehead atoms. The fourth-order valence-electron chi connectivity index (χ4n) is 3.31. The third-order valence-electron chi connectivity index (χ3n) is 4.87. The fourth-order valence-corrected chi connectivity index (χ4v) is 3.31. The molecule has 1 aliphatic rings. The van der Waals surface area contributed by atoms with Crippen LogP contribution < -0.4 is 10.2 Å². The molecule has 8 nitrogen and oxygen atoms in total. The Balaban J connectivity index is 1.97. The van der Waals surface area contributed by atoms with Gasteiger partial charge < -0.3 is 15.3 Å². The van der Waals surface area contributed by atoms with Crippen LogP contribution in [0.3, 0.4) is 0 Å². The summed E-state index contributed by atoms with van der Waals surface area (Å²) in [4.78, 5) is 36.9. The fraction of sp³-hybridized carbons (Fsp3) is 0.300. The van der Waals surface area contributed by atoms with E-state index >= 15 is 0 Å². The zero-order valence-electron chi connectivity index (χ0n) is 15.5. The van der Waals surface area contributed by atoms with E-state index < -0.39 is 16.8 Å². The van der Waals surface area contributed by atoms with Crippen molar-refractivity contribution in [2.75, 3.05) is 23.3 Å². The number of nitro benzene ring substituents is 1. The number of hydrogen-bond donors (Lipinski definition) is 2. The molecule has 146 valence electrons. The van der Waals surface area contributed by atoms with Crippen LogP contribution >= 0.6 is 0 Å². The van der Waals surface area contributed by atoms with Gasteiger partial charge in [0.1, 0.15) is 0 Å². The molecule has 28 heavy (non-hydrogen) atoms. The molecule has 1 fully saturated rings. The number of amides is 1. The molecule has 1 heterocycles. The highest BCUT2D eigenvalue weighted by atomic mass is 16.6. The minimum Gasteiger partial charge on any atom is -0.478 e. The summed E-state index contributed by atoms with van der Waals surface area (Å²) in [6.07, 6.45) is 3.11. The topological polar surface area (TPSA) is 113 Å². The van der Waals surface area contributed by atoms with Crippen molar-refractivity contribution in [1.29, 1.82) is 0 Å². The number of anilines is 2. The maximum absolute atomic E-state index is 13.0. The average Bonchev–Trinajstić information content (AvgIpc) is 2.69. The summed E-state index contributed by atoms with van der Waals surface area (Å²) in [5.41, 5.74) is 1.80. The zero-order valence-corrected chi connectivity index (χ0v) is 15.5. The Morgan fingerprint density at radius 3 is 2.46 bits per heavy atom. The lowest BCUT2D eigenvalue weighted by Crippen LogP contribution is -2.31. The van der Waals surface area contributed by atoms with E-state index in [1.54, 1.807) is 19.1 Å². The van der Waals surface area contributed by atoms with E-state index in [4.69, 9.17) is 5.11 Å². The van der Waals surface area contributed by atoms with E-state index in [2.05, 4.69) is 10.2 Å². The smallest absolute Gasteiger partial charge is 0.335 e. The van der Waals surface area contributed by atoms with Gasteiger partial charge in [0.15, 0.2) is 0 Å². The minimum absolute atomic E-state index is 0.0520. The van der Waals surface area contributed by atoms with Crippen LogP contribution in [0.4, 0.5) is 17.1 Å². The number of rotatable bonds is 5. The second kappa shape index (κ2) is 8.08. The molecule has 0 atom stereocenters. The van der Waals surface area contributed by atoms with Crippen LogP contribution in [-0.4, -0.2) is 35.0 Å².